The van der Waals surface area contributed by atoms with Crippen LogP contribution in [0.3, 0.4) is 0 Å². The molecule has 3 heteroatoms. The van der Waals surface area contributed by atoms with Crippen molar-refractivity contribution in [2.24, 2.45) is 0 Å². The van der Waals surface area contributed by atoms with Crippen LogP contribution in [0.15, 0.2) is 11.6 Å². The third-order valence-corrected chi connectivity index (χ3v) is 4.58. The number of rotatable bonds is 7. The number of allylic oxidation sites excluding steroid dienone is 1. The number of piperidine rings is 1. The van der Waals surface area contributed by atoms with Crippen LogP contribution >= 0.6 is 11.8 Å². The van der Waals surface area contributed by atoms with Crippen molar-refractivity contribution in [1.29, 1.82) is 0 Å². The van der Waals surface area contributed by atoms with Crippen molar-refractivity contribution in [3.05, 3.63) is 11.6 Å². The second kappa shape index (κ2) is 9.00. The van der Waals surface area contributed by atoms with Gasteiger partial charge in [0.05, 0.1) is 0 Å². The molecule has 0 aromatic rings. The Morgan fingerprint density at radius 1 is 1.39 bits per heavy atom. The fraction of sp³-hybridized carbons (Fsp3) is 0.867. The SMILES string of the molecule is CCSCC(C)NC1CCN(CC=C(C)C)CC1. The van der Waals surface area contributed by atoms with Crippen LogP contribution < -0.4 is 5.32 Å². The van der Waals surface area contributed by atoms with E-state index in [4.69, 9.17) is 0 Å². The molecule has 2 nitrogen and oxygen atoms in total. The third-order valence-electron chi connectivity index (χ3n) is 3.44. The summed E-state index contributed by atoms with van der Waals surface area (Å²) in [4.78, 5) is 2.57. The summed E-state index contributed by atoms with van der Waals surface area (Å²) < 4.78 is 0. The molecule has 1 unspecified atom stereocenters. The van der Waals surface area contributed by atoms with Gasteiger partial charge in [-0.15, -0.1) is 0 Å². The molecule has 106 valence electrons. The van der Waals surface area contributed by atoms with Crippen LogP contribution in [-0.4, -0.2) is 48.1 Å². The first kappa shape index (κ1) is 16.1. The van der Waals surface area contributed by atoms with Crippen LogP contribution in [0.5, 0.6) is 0 Å². The Hall–Kier alpha value is 0.0100. The monoisotopic (exact) mass is 270 g/mol. The predicted molar refractivity (Wildman–Crippen MR) is 84.5 cm³/mol. The zero-order valence-electron chi connectivity index (χ0n) is 12.5. The summed E-state index contributed by atoms with van der Waals surface area (Å²) in [6.07, 6.45) is 4.95. The van der Waals surface area contributed by atoms with Crippen LogP contribution in [0.2, 0.25) is 0 Å². The van der Waals surface area contributed by atoms with E-state index in [2.05, 4.69) is 44.0 Å². The molecule has 0 saturated carbocycles. The second-order valence-corrected chi connectivity index (χ2v) is 6.90. The van der Waals surface area contributed by atoms with Gasteiger partial charge in [-0.3, -0.25) is 4.90 Å². The van der Waals surface area contributed by atoms with Gasteiger partial charge in [-0.05, 0) is 52.5 Å². The molecule has 1 N–H and O–H groups in total. The molecule has 0 aromatic carbocycles. The Kier molecular flexibility index (Phi) is 8.03. The van der Waals surface area contributed by atoms with Gasteiger partial charge in [0.2, 0.25) is 0 Å². The number of hydrogen-bond acceptors (Lipinski definition) is 3. The fourth-order valence-corrected chi connectivity index (χ4v) is 3.02. The molecule has 0 spiro atoms. The summed E-state index contributed by atoms with van der Waals surface area (Å²) in [6.45, 7) is 12.5. The molecule has 1 heterocycles. The molecule has 0 aliphatic carbocycles. The minimum Gasteiger partial charge on any atom is -0.311 e. The van der Waals surface area contributed by atoms with Gasteiger partial charge in [-0.1, -0.05) is 18.6 Å². The highest BCUT2D eigenvalue weighted by molar-refractivity contribution is 7.99. The average molecular weight is 270 g/mol. The van der Waals surface area contributed by atoms with Crippen molar-refractivity contribution < 1.29 is 0 Å². The zero-order chi connectivity index (χ0) is 13.4. The van der Waals surface area contributed by atoms with E-state index in [9.17, 15) is 0 Å². The summed E-state index contributed by atoms with van der Waals surface area (Å²) in [7, 11) is 0. The van der Waals surface area contributed by atoms with Gasteiger partial charge in [0.1, 0.15) is 0 Å². The highest BCUT2D eigenvalue weighted by Gasteiger charge is 2.19. The van der Waals surface area contributed by atoms with Gasteiger partial charge >= 0.3 is 0 Å². The lowest BCUT2D eigenvalue weighted by molar-refractivity contribution is 0.210. The van der Waals surface area contributed by atoms with E-state index in [0.29, 0.717) is 6.04 Å². The Balaban J connectivity index is 2.16. The van der Waals surface area contributed by atoms with E-state index in [1.54, 1.807) is 0 Å². The standard InChI is InChI=1S/C15H30N2S/c1-5-18-12-14(4)16-15-7-10-17(11-8-15)9-6-13(2)3/h6,14-16H,5,7-12H2,1-4H3. The normalized spacial score (nSPS) is 19.8. The average Bonchev–Trinajstić information content (AvgIpc) is 2.35. The molecule has 1 fully saturated rings. The van der Waals surface area contributed by atoms with Crippen LogP contribution in [-0.2, 0) is 0 Å². The quantitative estimate of drug-likeness (QED) is 0.716. The molecule has 0 amide bonds. The van der Waals surface area contributed by atoms with Crippen LogP contribution in [0.25, 0.3) is 0 Å². The van der Waals surface area contributed by atoms with Gasteiger partial charge in [-0.2, -0.15) is 11.8 Å². The smallest absolute Gasteiger partial charge is 0.0165 e. The maximum Gasteiger partial charge on any atom is 0.0165 e. The summed E-state index contributed by atoms with van der Waals surface area (Å²) in [6, 6.07) is 1.39. The lowest BCUT2D eigenvalue weighted by atomic mass is 10.0. The maximum absolute atomic E-state index is 3.78. The molecular formula is C15H30N2S. The molecule has 1 aliphatic rings. The predicted octanol–water partition coefficient (Wildman–Crippen LogP) is 3.15. The lowest BCUT2D eigenvalue weighted by Gasteiger charge is -2.33. The van der Waals surface area contributed by atoms with Gasteiger partial charge in [0, 0.05) is 24.4 Å². The van der Waals surface area contributed by atoms with Crippen molar-refractivity contribution in [3.8, 4) is 0 Å². The zero-order valence-corrected chi connectivity index (χ0v) is 13.4. The Labute approximate surface area is 118 Å². The summed E-state index contributed by atoms with van der Waals surface area (Å²) in [5, 5.41) is 3.78. The molecule has 0 bridgehead atoms. The third kappa shape index (κ3) is 6.81. The second-order valence-electron chi connectivity index (χ2n) is 5.58. The minimum atomic E-state index is 0.657. The molecule has 0 aromatic heterocycles. The van der Waals surface area contributed by atoms with Crippen molar-refractivity contribution >= 4 is 11.8 Å². The lowest BCUT2D eigenvalue weighted by Crippen LogP contribution is -2.46. The van der Waals surface area contributed by atoms with Gasteiger partial charge in [0.15, 0.2) is 0 Å². The first-order chi connectivity index (χ1) is 8.61. The van der Waals surface area contributed by atoms with E-state index in [1.165, 1.54) is 43.0 Å². The number of nitrogens with one attached hydrogen (secondary N) is 1. The van der Waals surface area contributed by atoms with Gasteiger partial charge in [0.25, 0.3) is 0 Å². The van der Waals surface area contributed by atoms with Crippen LogP contribution in [0, 0.1) is 0 Å². The van der Waals surface area contributed by atoms with Crippen molar-refractivity contribution in [2.45, 2.75) is 52.6 Å². The van der Waals surface area contributed by atoms with Crippen LogP contribution in [0.1, 0.15) is 40.5 Å². The molecule has 1 aliphatic heterocycles. The highest BCUT2D eigenvalue weighted by atomic mass is 32.2. The molecule has 0 radical (unpaired) electrons. The number of likely N-dealkylation sites (tertiary alicyclic amines) is 1. The number of thioether (sulfide) groups is 1. The molecule has 18 heavy (non-hydrogen) atoms. The van der Waals surface area contributed by atoms with E-state index in [0.717, 1.165) is 12.6 Å². The van der Waals surface area contributed by atoms with Crippen molar-refractivity contribution in [3.63, 3.8) is 0 Å². The molecule has 1 saturated heterocycles. The highest BCUT2D eigenvalue weighted by Crippen LogP contribution is 2.12. The van der Waals surface area contributed by atoms with E-state index >= 15 is 0 Å². The number of hydrogen-bond donors (Lipinski definition) is 1. The first-order valence-corrected chi connectivity index (χ1v) is 8.46. The van der Waals surface area contributed by atoms with E-state index in [-0.39, 0.29) is 0 Å². The van der Waals surface area contributed by atoms with E-state index in [1.807, 2.05) is 11.8 Å². The summed E-state index contributed by atoms with van der Waals surface area (Å²) >= 11 is 2.04. The topological polar surface area (TPSA) is 15.3 Å². The van der Waals surface area contributed by atoms with Gasteiger partial charge < -0.3 is 5.32 Å². The van der Waals surface area contributed by atoms with Crippen molar-refractivity contribution in [1.82, 2.24) is 10.2 Å². The Morgan fingerprint density at radius 2 is 2.06 bits per heavy atom. The number of nitrogens with zero attached hydrogens (tertiary/aromatic N) is 1. The van der Waals surface area contributed by atoms with E-state index < -0.39 is 0 Å². The minimum absolute atomic E-state index is 0.657. The molecule has 1 rings (SSSR count). The van der Waals surface area contributed by atoms with Crippen LogP contribution in [0.4, 0.5) is 0 Å². The first-order valence-electron chi connectivity index (χ1n) is 7.31. The summed E-state index contributed by atoms with van der Waals surface area (Å²) in [5.74, 6) is 2.47. The van der Waals surface area contributed by atoms with Gasteiger partial charge in [-0.25, -0.2) is 0 Å². The Bertz CT molecular complexity index is 241. The Morgan fingerprint density at radius 3 is 2.61 bits per heavy atom. The molecular weight excluding hydrogens is 240 g/mol. The summed E-state index contributed by atoms with van der Waals surface area (Å²) in [5.41, 5.74) is 1.43. The molecule has 1 atom stereocenters. The fourth-order valence-electron chi connectivity index (χ4n) is 2.34. The van der Waals surface area contributed by atoms with Crippen molar-refractivity contribution in [2.75, 3.05) is 31.1 Å². The maximum atomic E-state index is 3.78. The largest absolute Gasteiger partial charge is 0.311 e.